The fourth-order valence-electron chi connectivity index (χ4n) is 4.18. The lowest BCUT2D eigenvalue weighted by Crippen LogP contribution is -2.47. The van der Waals surface area contributed by atoms with E-state index in [0.29, 0.717) is 6.61 Å². The number of amides is 1. The quantitative estimate of drug-likeness (QED) is 0.713. The Bertz CT molecular complexity index is 832. The molecular formula is C24H31N3O3. The van der Waals surface area contributed by atoms with Crippen LogP contribution in [0.2, 0.25) is 0 Å². The van der Waals surface area contributed by atoms with Crippen molar-refractivity contribution in [1.29, 1.82) is 0 Å². The van der Waals surface area contributed by atoms with Gasteiger partial charge in [0.15, 0.2) is 0 Å². The molecule has 0 spiro atoms. The molecule has 2 heterocycles. The number of piperazine rings is 1. The maximum atomic E-state index is 12.5. The number of fused-ring (bicyclic) bond motifs is 1. The zero-order valence-electron chi connectivity index (χ0n) is 17.7. The van der Waals surface area contributed by atoms with E-state index in [2.05, 4.69) is 27.2 Å². The van der Waals surface area contributed by atoms with E-state index in [1.165, 1.54) is 5.69 Å². The number of hydrogen-bond donors (Lipinski definition) is 1. The Morgan fingerprint density at radius 3 is 2.63 bits per heavy atom. The van der Waals surface area contributed by atoms with Crippen LogP contribution in [0, 0.1) is 5.92 Å². The van der Waals surface area contributed by atoms with Gasteiger partial charge in [-0.15, -0.1) is 0 Å². The van der Waals surface area contributed by atoms with E-state index < -0.39 is 0 Å². The summed E-state index contributed by atoms with van der Waals surface area (Å²) in [6.07, 6.45) is 1.73. The third kappa shape index (κ3) is 5.05. The molecule has 0 radical (unpaired) electrons. The number of nitrogens with zero attached hydrogens (tertiary/aromatic N) is 2. The van der Waals surface area contributed by atoms with E-state index in [0.717, 1.165) is 69.2 Å². The van der Waals surface area contributed by atoms with Gasteiger partial charge in [-0.2, -0.15) is 0 Å². The minimum absolute atomic E-state index is 0.0899. The number of nitrogens with one attached hydrogen (secondary N) is 1. The number of methoxy groups -OCH3 is 1. The number of hydrogen-bond acceptors (Lipinski definition) is 5. The fraction of sp³-hybridized carbons (Fsp3) is 0.458. The van der Waals surface area contributed by atoms with Crippen LogP contribution in [0.4, 0.5) is 5.69 Å². The molecule has 1 saturated heterocycles. The molecule has 0 bridgehead atoms. The fourth-order valence-corrected chi connectivity index (χ4v) is 4.18. The number of anilines is 1. The second kappa shape index (κ2) is 9.85. The average Bonchev–Trinajstić information content (AvgIpc) is 2.82. The standard InChI is InChI=1S/C24H31N3O3/c1-29-22-9-7-21(8-10-22)27-15-13-26(14-16-27)12-4-11-25-24(28)20-17-19-5-2-3-6-23(19)30-18-20/h2-3,5-10,20H,4,11-18H2,1H3,(H,25,28). The average molecular weight is 410 g/mol. The summed E-state index contributed by atoms with van der Waals surface area (Å²) < 4.78 is 11.0. The van der Waals surface area contributed by atoms with Crippen LogP contribution in [0.5, 0.6) is 11.5 Å². The molecule has 1 fully saturated rings. The molecule has 2 aliphatic rings. The zero-order valence-corrected chi connectivity index (χ0v) is 17.7. The Morgan fingerprint density at radius 2 is 1.87 bits per heavy atom. The van der Waals surface area contributed by atoms with Gasteiger partial charge in [0.1, 0.15) is 18.1 Å². The SMILES string of the molecule is COc1ccc(N2CCN(CCCNC(=O)C3COc4ccccc4C3)CC2)cc1. The maximum absolute atomic E-state index is 12.5. The van der Waals surface area contributed by atoms with Gasteiger partial charge in [0.05, 0.1) is 13.0 Å². The summed E-state index contributed by atoms with van der Waals surface area (Å²) in [5, 5.41) is 3.10. The van der Waals surface area contributed by atoms with Crippen molar-refractivity contribution in [1.82, 2.24) is 10.2 Å². The van der Waals surface area contributed by atoms with Crippen molar-refractivity contribution in [3.05, 3.63) is 54.1 Å². The van der Waals surface area contributed by atoms with Gasteiger partial charge in [0.2, 0.25) is 5.91 Å². The number of rotatable bonds is 7. The lowest BCUT2D eigenvalue weighted by atomic mass is 9.96. The highest BCUT2D eigenvalue weighted by Gasteiger charge is 2.25. The first-order valence-electron chi connectivity index (χ1n) is 10.8. The molecule has 1 amide bonds. The monoisotopic (exact) mass is 409 g/mol. The van der Waals surface area contributed by atoms with Gasteiger partial charge in [0, 0.05) is 38.4 Å². The van der Waals surface area contributed by atoms with Gasteiger partial charge >= 0.3 is 0 Å². The molecule has 0 saturated carbocycles. The predicted molar refractivity (Wildman–Crippen MR) is 118 cm³/mol. The molecule has 0 aromatic heterocycles. The van der Waals surface area contributed by atoms with E-state index in [-0.39, 0.29) is 11.8 Å². The van der Waals surface area contributed by atoms with Crippen molar-refractivity contribution in [2.75, 3.05) is 57.9 Å². The molecule has 1 unspecified atom stereocenters. The van der Waals surface area contributed by atoms with E-state index in [4.69, 9.17) is 9.47 Å². The minimum atomic E-state index is -0.0899. The number of carbonyl (C=O) groups is 1. The smallest absolute Gasteiger partial charge is 0.226 e. The van der Waals surface area contributed by atoms with Crippen molar-refractivity contribution >= 4 is 11.6 Å². The van der Waals surface area contributed by atoms with E-state index in [1.54, 1.807) is 7.11 Å². The first-order chi connectivity index (χ1) is 14.7. The Labute approximate surface area is 178 Å². The molecule has 160 valence electrons. The molecule has 6 nitrogen and oxygen atoms in total. The van der Waals surface area contributed by atoms with Crippen LogP contribution < -0.4 is 19.7 Å². The third-order valence-corrected chi connectivity index (χ3v) is 6.01. The van der Waals surface area contributed by atoms with Crippen LogP contribution in [0.25, 0.3) is 0 Å². The van der Waals surface area contributed by atoms with Crippen molar-refractivity contribution in [2.45, 2.75) is 12.8 Å². The third-order valence-electron chi connectivity index (χ3n) is 6.01. The molecule has 2 aromatic carbocycles. The zero-order chi connectivity index (χ0) is 20.8. The molecule has 2 aliphatic heterocycles. The highest BCUT2D eigenvalue weighted by Crippen LogP contribution is 2.26. The lowest BCUT2D eigenvalue weighted by molar-refractivity contribution is -0.126. The van der Waals surface area contributed by atoms with Crippen molar-refractivity contribution in [3.8, 4) is 11.5 Å². The number of benzene rings is 2. The normalized spacial score (nSPS) is 19.0. The molecule has 0 aliphatic carbocycles. The van der Waals surface area contributed by atoms with E-state index >= 15 is 0 Å². The van der Waals surface area contributed by atoms with Crippen LogP contribution in [-0.4, -0.2) is 63.8 Å². The highest BCUT2D eigenvalue weighted by molar-refractivity contribution is 5.79. The molecular weight excluding hydrogens is 378 g/mol. The topological polar surface area (TPSA) is 54.0 Å². The Hall–Kier alpha value is -2.73. The number of para-hydroxylation sites is 1. The molecule has 6 heteroatoms. The summed E-state index contributed by atoms with van der Waals surface area (Å²) >= 11 is 0. The predicted octanol–water partition coefficient (Wildman–Crippen LogP) is 2.57. The van der Waals surface area contributed by atoms with Crippen LogP contribution in [0.3, 0.4) is 0 Å². The molecule has 1 atom stereocenters. The van der Waals surface area contributed by atoms with E-state index in [1.807, 2.05) is 36.4 Å². The summed E-state index contributed by atoms with van der Waals surface area (Å²) in [5.74, 6) is 1.82. The summed E-state index contributed by atoms with van der Waals surface area (Å²) in [6, 6.07) is 16.3. The number of ether oxygens (including phenoxy) is 2. The number of carbonyl (C=O) groups excluding carboxylic acids is 1. The molecule has 1 N–H and O–H groups in total. The summed E-state index contributed by atoms with van der Waals surface area (Å²) in [4.78, 5) is 17.4. The largest absolute Gasteiger partial charge is 0.497 e. The van der Waals surface area contributed by atoms with Crippen molar-refractivity contribution < 1.29 is 14.3 Å². The van der Waals surface area contributed by atoms with Crippen LogP contribution in [0.15, 0.2) is 48.5 Å². The summed E-state index contributed by atoms with van der Waals surface area (Å²) in [6.45, 7) is 6.35. The van der Waals surface area contributed by atoms with Gasteiger partial charge in [-0.05, 0) is 55.3 Å². The van der Waals surface area contributed by atoms with Gasteiger partial charge < -0.3 is 19.7 Å². The summed E-state index contributed by atoms with van der Waals surface area (Å²) in [5.41, 5.74) is 2.37. The second-order valence-corrected chi connectivity index (χ2v) is 7.99. The highest BCUT2D eigenvalue weighted by atomic mass is 16.5. The van der Waals surface area contributed by atoms with Gasteiger partial charge in [-0.1, -0.05) is 18.2 Å². The molecule has 30 heavy (non-hydrogen) atoms. The molecule has 2 aromatic rings. The Balaban J connectivity index is 1.13. The Kier molecular flexibility index (Phi) is 6.74. The first kappa shape index (κ1) is 20.5. The van der Waals surface area contributed by atoms with Crippen LogP contribution in [0.1, 0.15) is 12.0 Å². The van der Waals surface area contributed by atoms with Gasteiger partial charge in [0.25, 0.3) is 0 Å². The molecule has 4 rings (SSSR count). The Morgan fingerprint density at radius 1 is 1.10 bits per heavy atom. The first-order valence-corrected chi connectivity index (χ1v) is 10.8. The summed E-state index contributed by atoms with van der Waals surface area (Å²) in [7, 11) is 1.69. The van der Waals surface area contributed by atoms with Gasteiger partial charge in [-0.3, -0.25) is 9.69 Å². The van der Waals surface area contributed by atoms with E-state index in [9.17, 15) is 4.79 Å². The minimum Gasteiger partial charge on any atom is -0.497 e. The van der Waals surface area contributed by atoms with Crippen molar-refractivity contribution in [3.63, 3.8) is 0 Å². The maximum Gasteiger partial charge on any atom is 0.226 e. The lowest BCUT2D eigenvalue weighted by Gasteiger charge is -2.36. The second-order valence-electron chi connectivity index (χ2n) is 7.99. The van der Waals surface area contributed by atoms with Gasteiger partial charge in [-0.25, -0.2) is 0 Å². The van der Waals surface area contributed by atoms with Crippen LogP contribution >= 0.6 is 0 Å². The van der Waals surface area contributed by atoms with Crippen LogP contribution in [-0.2, 0) is 11.2 Å². The van der Waals surface area contributed by atoms with Crippen molar-refractivity contribution in [2.24, 2.45) is 5.92 Å².